The molecule has 0 aliphatic rings. The molecule has 0 bridgehead atoms. The van der Waals surface area contributed by atoms with E-state index in [1.807, 2.05) is 6.20 Å². The summed E-state index contributed by atoms with van der Waals surface area (Å²) in [6, 6.07) is 56.7. The topological polar surface area (TPSA) is 49.7 Å². The molecule has 7 aromatic carbocycles. The van der Waals surface area contributed by atoms with Gasteiger partial charge in [-0.1, -0.05) is 164 Å². The molecule has 0 radical (unpaired) electrons. The molecule has 6 heteroatoms. The van der Waals surface area contributed by atoms with Gasteiger partial charge in [0, 0.05) is 23.0 Å². The first-order valence-electron chi connectivity index (χ1n) is 23.5. The van der Waals surface area contributed by atoms with Crippen molar-refractivity contribution in [2.45, 2.75) is 85.5 Å². The number of hydrogen-bond donors (Lipinski definition) is 0. The quantitative estimate of drug-likeness (QED) is 0.143. The molecule has 11 rings (SSSR count). The molecule has 0 saturated carbocycles. The summed E-state index contributed by atoms with van der Waals surface area (Å²) in [5.74, 6) is 2.72. The summed E-state index contributed by atoms with van der Waals surface area (Å²) in [5.41, 5.74) is 17.8. The van der Waals surface area contributed by atoms with Crippen molar-refractivity contribution < 1.29 is 21.1 Å². The molecule has 0 amide bonds. The Morgan fingerprint density at radius 1 is 0.597 bits per heavy atom. The second kappa shape index (κ2) is 17.0. The van der Waals surface area contributed by atoms with Gasteiger partial charge in [-0.25, -0.2) is 9.97 Å². The van der Waals surface area contributed by atoms with Crippen LogP contribution in [0.1, 0.15) is 102 Å². The maximum absolute atomic E-state index is 5.75. The zero-order valence-corrected chi connectivity index (χ0v) is 42.0. The summed E-state index contributed by atoms with van der Waals surface area (Å²) in [4.78, 5) is 16.3. The van der Waals surface area contributed by atoms with Crippen LogP contribution in [-0.4, -0.2) is 19.1 Å². The van der Waals surface area contributed by atoms with Crippen LogP contribution in [0.15, 0.2) is 152 Å². The van der Waals surface area contributed by atoms with E-state index in [4.69, 9.17) is 15.0 Å². The normalized spacial score (nSPS) is 12.2. The zero-order chi connectivity index (χ0) is 45.6. The number of aromatic nitrogens is 5. The Bertz CT molecular complexity index is 3650. The fourth-order valence-corrected chi connectivity index (χ4v) is 10.2. The Labute approximate surface area is 408 Å². The Morgan fingerprint density at radius 3 is 2.07 bits per heavy atom. The first kappa shape index (κ1) is 44.3. The predicted octanol–water partition coefficient (Wildman–Crippen LogP) is 16.2. The van der Waals surface area contributed by atoms with Crippen molar-refractivity contribution in [3.8, 4) is 45.1 Å². The number of nitrogens with zero attached hydrogens (tertiary/aromatic N) is 5. The Kier molecular flexibility index (Phi) is 11.2. The third kappa shape index (κ3) is 7.43. The molecule has 5 nitrogen and oxygen atoms in total. The third-order valence-electron chi connectivity index (χ3n) is 13.6. The minimum atomic E-state index is 0. The van der Waals surface area contributed by atoms with Gasteiger partial charge < -0.3 is 9.55 Å². The summed E-state index contributed by atoms with van der Waals surface area (Å²) in [6.07, 6.45) is 1.94. The van der Waals surface area contributed by atoms with Gasteiger partial charge in [0.1, 0.15) is 11.6 Å². The van der Waals surface area contributed by atoms with E-state index in [-0.39, 0.29) is 26.5 Å². The van der Waals surface area contributed by atoms with Gasteiger partial charge in [0.25, 0.3) is 0 Å². The molecular weight excluding hydrogens is 998 g/mol. The van der Waals surface area contributed by atoms with Gasteiger partial charge in [-0.05, 0) is 121 Å². The van der Waals surface area contributed by atoms with Crippen LogP contribution >= 0.6 is 0 Å². The molecular formula is C61H55N5Pt. The van der Waals surface area contributed by atoms with Gasteiger partial charge in [0.15, 0.2) is 0 Å². The van der Waals surface area contributed by atoms with E-state index >= 15 is 0 Å². The number of fused-ring (bicyclic) bond motifs is 7. The summed E-state index contributed by atoms with van der Waals surface area (Å²) >= 11 is 0. The molecule has 0 aliphatic heterocycles. The monoisotopic (exact) mass is 1050 g/mol. The van der Waals surface area contributed by atoms with Crippen LogP contribution in [0, 0.1) is 6.07 Å². The van der Waals surface area contributed by atoms with Crippen molar-refractivity contribution in [1.29, 1.82) is 0 Å². The maximum Gasteiger partial charge on any atom is 2.00 e. The van der Waals surface area contributed by atoms with E-state index < -0.39 is 0 Å². The molecule has 0 unspecified atom stereocenters. The number of rotatable bonds is 8. The van der Waals surface area contributed by atoms with E-state index in [1.54, 1.807) is 0 Å². The Hall–Kier alpha value is -6.55. The molecule has 11 aromatic rings. The zero-order valence-electron chi connectivity index (χ0n) is 39.7. The average molecular weight is 1050 g/mol. The van der Waals surface area contributed by atoms with Crippen LogP contribution in [0.3, 0.4) is 0 Å². The van der Waals surface area contributed by atoms with Gasteiger partial charge in [-0.15, -0.1) is 34.8 Å². The van der Waals surface area contributed by atoms with Crippen LogP contribution in [0.2, 0.25) is 0 Å². The standard InChI is InChI=1S/C61H55N5.Pt/c1-36(2)40-29-30-62-55(33-40)66-52-28-24-41(39-17-12-10-13-18-39)31-48(52)46-26-23-42(32-54(46)66)45-21-16-22-53-58(45)64-60(65(53)44-19-14-11-15-20-44)50-35-47(37(3)4)56(38(5)6)57-49-34-43(61(7,8)9)25-27-51(49)63-59(50)57;/h10-31,33-38H,1-9H3;/q-2;+2. The van der Waals surface area contributed by atoms with E-state index in [2.05, 4.69) is 223 Å². The van der Waals surface area contributed by atoms with Gasteiger partial charge in [0.05, 0.1) is 11.0 Å². The van der Waals surface area contributed by atoms with Crippen molar-refractivity contribution in [1.82, 2.24) is 24.1 Å². The summed E-state index contributed by atoms with van der Waals surface area (Å²) < 4.78 is 4.63. The molecule has 4 aromatic heterocycles. The molecule has 4 heterocycles. The molecule has 0 N–H and O–H groups in total. The number of pyridine rings is 1. The Morgan fingerprint density at radius 2 is 1.36 bits per heavy atom. The van der Waals surface area contributed by atoms with Crippen molar-refractivity contribution in [3.63, 3.8) is 0 Å². The molecule has 0 fully saturated rings. The van der Waals surface area contributed by atoms with E-state index in [0.717, 1.165) is 72.5 Å². The molecule has 0 atom stereocenters. The smallest absolute Gasteiger partial charge is 0.656 e. The van der Waals surface area contributed by atoms with Gasteiger partial charge in [-0.3, -0.25) is 4.57 Å². The second-order valence-electron chi connectivity index (χ2n) is 20.0. The molecule has 0 aliphatic carbocycles. The third-order valence-corrected chi connectivity index (χ3v) is 13.6. The van der Waals surface area contributed by atoms with E-state index in [0.29, 0.717) is 17.8 Å². The van der Waals surface area contributed by atoms with Crippen molar-refractivity contribution >= 4 is 54.6 Å². The molecule has 0 spiro atoms. The number of hydrogen-bond acceptors (Lipinski definition) is 2. The number of imidazole rings is 1. The minimum Gasteiger partial charge on any atom is -0.656 e. The first-order chi connectivity index (χ1) is 31.9. The van der Waals surface area contributed by atoms with Crippen LogP contribution < -0.4 is 4.98 Å². The van der Waals surface area contributed by atoms with Crippen molar-refractivity contribution in [2.24, 2.45) is 0 Å². The van der Waals surface area contributed by atoms with Crippen molar-refractivity contribution in [2.75, 3.05) is 0 Å². The fraction of sp³-hybridized carbons (Fsp3) is 0.213. The molecule has 67 heavy (non-hydrogen) atoms. The van der Waals surface area contributed by atoms with Crippen LogP contribution in [0.25, 0.3) is 99.8 Å². The molecule has 334 valence electrons. The van der Waals surface area contributed by atoms with Gasteiger partial charge in [0.2, 0.25) is 0 Å². The largest absolute Gasteiger partial charge is 2.00 e. The van der Waals surface area contributed by atoms with Crippen LogP contribution in [-0.2, 0) is 26.5 Å². The second-order valence-corrected chi connectivity index (χ2v) is 20.0. The average Bonchev–Trinajstić information content (AvgIpc) is 4.00. The minimum absolute atomic E-state index is 0. The fourth-order valence-electron chi connectivity index (χ4n) is 10.2. The van der Waals surface area contributed by atoms with Gasteiger partial charge in [-0.2, -0.15) is 0 Å². The number of benzene rings is 7. The summed E-state index contributed by atoms with van der Waals surface area (Å²) in [6.45, 7) is 20.6. The van der Waals surface area contributed by atoms with E-state index in [1.165, 1.54) is 49.5 Å². The Balaban J connectivity index is 0.00000525. The van der Waals surface area contributed by atoms with E-state index in [9.17, 15) is 0 Å². The summed E-state index contributed by atoms with van der Waals surface area (Å²) in [5, 5.41) is 4.76. The summed E-state index contributed by atoms with van der Waals surface area (Å²) in [7, 11) is 0. The SMILES string of the molecule is CC(C)c1ccnc(-n2c3[c-]c(-c4cccc5c4nc(-c4cc(C(C)C)c(C(C)C)c6c4[n-]c4ccc(C(C)(C)C)cc46)n5-c4ccccc4)ccc3c3cc(-c4ccccc4)ccc32)c1.[Pt+2]. The van der Waals surface area contributed by atoms with Crippen LogP contribution in [0.5, 0.6) is 0 Å². The van der Waals surface area contributed by atoms with Gasteiger partial charge >= 0.3 is 21.1 Å². The maximum atomic E-state index is 5.75. The predicted molar refractivity (Wildman–Crippen MR) is 278 cm³/mol. The van der Waals surface area contributed by atoms with Crippen LogP contribution in [0.4, 0.5) is 0 Å². The van der Waals surface area contributed by atoms with Crippen molar-refractivity contribution in [3.05, 3.63) is 180 Å². The first-order valence-corrected chi connectivity index (χ1v) is 23.5. The molecule has 0 saturated heterocycles. The number of para-hydroxylation sites is 2.